The summed E-state index contributed by atoms with van der Waals surface area (Å²) in [5.74, 6) is -0.716. The van der Waals surface area contributed by atoms with Crippen LogP contribution in [0, 0.1) is 0 Å². The van der Waals surface area contributed by atoms with Gasteiger partial charge in [-0.05, 0) is 23.3 Å². The smallest absolute Gasteiger partial charge is 0.334 e. The Hall–Kier alpha value is -4.44. The number of ether oxygens (including phenoxy) is 1. The Morgan fingerprint density at radius 1 is 0.735 bits per heavy atom. The molecular weight excluding hydrogens is 420 g/mol. The summed E-state index contributed by atoms with van der Waals surface area (Å²) in [6, 6.07) is 37.8. The molecule has 4 heteroatoms. The van der Waals surface area contributed by atoms with Crippen LogP contribution in [0.1, 0.15) is 28.2 Å². The zero-order valence-electron chi connectivity index (χ0n) is 19.0. The minimum atomic E-state index is -0.420. The lowest BCUT2D eigenvalue weighted by molar-refractivity contribution is -0.136. The molecule has 0 heterocycles. The third kappa shape index (κ3) is 5.30. The average Bonchev–Trinajstić information content (AvgIpc) is 2.91. The highest BCUT2D eigenvalue weighted by Crippen LogP contribution is 2.32. The monoisotopic (exact) mass is 446 g/mol. The van der Waals surface area contributed by atoms with E-state index in [1.165, 1.54) is 7.11 Å². The molecule has 0 spiro atoms. The standard InChI is InChI=1S/C30H26N2O2/c1-22(30(33)34-2)28(23-12-6-3-7-13-23)24-18-20-27(21-19-24)31-32-29(25-14-8-4-9-15-25)26-16-10-5-11-17-26/h3-21,28,31H,1H2,2H3. The van der Waals surface area contributed by atoms with Crippen LogP contribution in [-0.2, 0) is 9.53 Å². The molecule has 0 saturated heterocycles. The number of anilines is 1. The van der Waals surface area contributed by atoms with Crippen molar-refractivity contribution < 1.29 is 9.53 Å². The van der Waals surface area contributed by atoms with Crippen molar-refractivity contribution in [3.63, 3.8) is 0 Å². The van der Waals surface area contributed by atoms with Gasteiger partial charge in [0, 0.05) is 22.6 Å². The first-order chi connectivity index (χ1) is 16.7. The molecule has 168 valence electrons. The molecule has 0 fully saturated rings. The Morgan fingerprint density at radius 2 is 1.21 bits per heavy atom. The van der Waals surface area contributed by atoms with E-state index in [1.807, 2.05) is 115 Å². The fourth-order valence-electron chi connectivity index (χ4n) is 3.85. The first-order valence-corrected chi connectivity index (χ1v) is 11.0. The van der Waals surface area contributed by atoms with Gasteiger partial charge in [-0.15, -0.1) is 0 Å². The Labute approximate surface area is 200 Å². The summed E-state index contributed by atoms with van der Waals surface area (Å²) in [5.41, 5.74) is 9.24. The van der Waals surface area contributed by atoms with Gasteiger partial charge in [-0.2, -0.15) is 5.10 Å². The molecule has 1 unspecified atom stereocenters. The normalized spacial score (nSPS) is 11.2. The van der Waals surface area contributed by atoms with Crippen LogP contribution >= 0.6 is 0 Å². The molecule has 1 atom stereocenters. The summed E-state index contributed by atoms with van der Waals surface area (Å²) in [7, 11) is 1.37. The number of esters is 1. The maximum atomic E-state index is 12.3. The van der Waals surface area contributed by atoms with E-state index in [-0.39, 0.29) is 5.92 Å². The molecule has 4 nitrogen and oxygen atoms in total. The van der Waals surface area contributed by atoms with Gasteiger partial charge in [-0.25, -0.2) is 4.79 Å². The molecule has 1 N–H and O–H groups in total. The first-order valence-electron chi connectivity index (χ1n) is 11.0. The van der Waals surface area contributed by atoms with Gasteiger partial charge in [0.2, 0.25) is 0 Å². The Bertz CT molecular complexity index is 1220. The number of nitrogens with one attached hydrogen (secondary N) is 1. The van der Waals surface area contributed by atoms with Crippen molar-refractivity contribution in [3.05, 3.63) is 150 Å². The van der Waals surface area contributed by atoms with Crippen LogP contribution in [0.5, 0.6) is 0 Å². The summed E-state index contributed by atoms with van der Waals surface area (Å²) in [6.07, 6.45) is 0. The number of hydrazone groups is 1. The number of hydrogen-bond donors (Lipinski definition) is 1. The number of nitrogens with zero attached hydrogens (tertiary/aromatic N) is 1. The second-order valence-electron chi connectivity index (χ2n) is 7.79. The van der Waals surface area contributed by atoms with Crippen LogP contribution in [0.2, 0.25) is 0 Å². The predicted octanol–water partition coefficient (Wildman–Crippen LogP) is 6.41. The molecule has 0 amide bonds. The molecule has 0 aromatic heterocycles. The van der Waals surface area contributed by atoms with E-state index >= 15 is 0 Å². The number of methoxy groups -OCH3 is 1. The number of hydrogen-bond acceptors (Lipinski definition) is 4. The second kappa shape index (κ2) is 10.9. The SMILES string of the molecule is C=C(C(=O)OC)C(c1ccccc1)c1ccc(NN=C(c2ccccc2)c2ccccc2)cc1. The van der Waals surface area contributed by atoms with Crippen LogP contribution in [-0.4, -0.2) is 18.8 Å². The molecule has 34 heavy (non-hydrogen) atoms. The lowest BCUT2D eigenvalue weighted by atomic mass is 9.85. The van der Waals surface area contributed by atoms with Crippen molar-refractivity contribution in [2.24, 2.45) is 5.10 Å². The average molecular weight is 447 g/mol. The third-order valence-corrected chi connectivity index (χ3v) is 5.56. The zero-order chi connectivity index (χ0) is 23.8. The van der Waals surface area contributed by atoms with Gasteiger partial charge in [0.05, 0.1) is 18.5 Å². The van der Waals surface area contributed by atoms with Gasteiger partial charge in [-0.1, -0.05) is 110 Å². The quantitative estimate of drug-likeness (QED) is 0.147. The Balaban J connectivity index is 1.62. The summed E-state index contributed by atoms with van der Waals surface area (Å²) in [4.78, 5) is 12.3. The minimum absolute atomic E-state index is 0.296. The fourth-order valence-corrected chi connectivity index (χ4v) is 3.85. The van der Waals surface area contributed by atoms with Gasteiger partial charge in [0.1, 0.15) is 0 Å². The summed E-state index contributed by atoms with van der Waals surface area (Å²) in [5, 5.41) is 4.72. The van der Waals surface area contributed by atoms with Gasteiger partial charge >= 0.3 is 5.97 Å². The molecule has 0 radical (unpaired) electrons. The van der Waals surface area contributed by atoms with Crippen LogP contribution < -0.4 is 5.43 Å². The number of carbonyl (C=O) groups is 1. The Morgan fingerprint density at radius 3 is 1.71 bits per heavy atom. The maximum Gasteiger partial charge on any atom is 0.334 e. The molecule has 0 bridgehead atoms. The minimum Gasteiger partial charge on any atom is -0.466 e. The van der Waals surface area contributed by atoms with E-state index in [9.17, 15) is 4.79 Å². The predicted molar refractivity (Wildman–Crippen MR) is 138 cm³/mol. The maximum absolute atomic E-state index is 12.3. The van der Waals surface area contributed by atoms with E-state index < -0.39 is 5.97 Å². The van der Waals surface area contributed by atoms with Crippen molar-refractivity contribution in [1.29, 1.82) is 0 Å². The van der Waals surface area contributed by atoms with E-state index in [0.717, 1.165) is 33.7 Å². The highest BCUT2D eigenvalue weighted by Gasteiger charge is 2.23. The molecule has 4 rings (SSSR count). The van der Waals surface area contributed by atoms with Crippen LogP contribution in [0.4, 0.5) is 5.69 Å². The largest absolute Gasteiger partial charge is 0.466 e. The highest BCUT2D eigenvalue weighted by molar-refractivity contribution is 6.13. The molecule has 0 aliphatic heterocycles. The molecule has 4 aromatic rings. The van der Waals surface area contributed by atoms with E-state index in [0.29, 0.717) is 5.57 Å². The summed E-state index contributed by atoms with van der Waals surface area (Å²) >= 11 is 0. The van der Waals surface area contributed by atoms with E-state index in [4.69, 9.17) is 9.84 Å². The number of rotatable bonds is 8. The third-order valence-electron chi connectivity index (χ3n) is 5.56. The zero-order valence-corrected chi connectivity index (χ0v) is 19.0. The molecular formula is C30H26N2O2. The van der Waals surface area contributed by atoms with E-state index in [1.54, 1.807) is 0 Å². The van der Waals surface area contributed by atoms with Crippen LogP contribution in [0.15, 0.2) is 133 Å². The van der Waals surface area contributed by atoms with Gasteiger partial charge in [-0.3, -0.25) is 5.43 Å². The van der Waals surface area contributed by atoms with Crippen molar-refractivity contribution in [2.45, 2.75) is 5.92 Å². The number of carbonyl (C=O) groups excluding carboxylic acids is 1. The molecule has 0 saturated carbocycles. The highest BCUT2D eigenvalue weighted by atomic mass is 16.5. The second-order valence-corrected chi connectivity index (χ2v) is 7.79. The topological polar surface area (TPSA) is 50.7 Å². The number of benzene rings is 4. The lowest BCUT2D eigenvalue weighted by Crippen LogP contribution is -2.13. The fraction of sp³-hybridized carbons (Fsp3) is 0.0667. The van der Waals surface area contributed by atoms with Crippen molar-refractivity contribution >= 4 is 17.4 Å². The van der Waals surface area contributed by atoms with Gasteiger partial charge in [0.25, 0.3) is 0 Å². The van der Waals surface area contributed by atoms with Gasteiger partial charge < -0.3 is 4.74 Å². The molecule has 0 aliphatic carbocycles. The van der Waals surface area contributed by atoms with Crippen molar-refractivity contribution in [1.82, 2.24) is 0 Å². The lowest BCUT2D eigenvalue weighted by Gasteiger charge is -2.19. The first kappa shape index (κ1) is 22.7. The summed E-state index contributed by atoms with van der Waals surface area (Å²) < 4.78 is 4.94. The van der Waals surface area contributed by atoms with Gasteiger partial charge in [0.15, 0.2) is 0 Å². The van der Waals surface area contributed by atoms with Crippen molar-refractivity contribution in [2.75, 3.05) is 12.5 Å². The summed E-state index contributed by atoms with van der Waals surface area (Å²) in [6.45, 7) is 4.02. The van der Waals surface area contributed by atoms with Crippen LogP contribution in [0.25, 0.3) is 0 Å². The van der Waals surface area contributed by atoms with E-state index in [2.05, 4.69) is 12.0 Å². The molecule has 4 aromatic carbocycles. The molecule has 0 aliphatic rings. The van der Waals surface area contributed by atoms with Crippen molar-refractivity contribution in [3.8, 4) is 0 Å². The Kier molecular flexibility index (Phi) is 7.31. The van der Waals surface area contributed by atoms with Crippen LogP contribution in [0.3, 0.4) is 0 Å².